The molecule has 8 atom stereocenters. The number of carbonyl (C=O) groups is 3. The number of aliphatic hydroxyl groups excluding tert-OH is 2. The Kier molecular flexibility index (Phi) is 14.5. The van der Waals surface area contributed by atoms with Gasteiger partial charge in [-0.3, -0.25) is 23.5 Å². The molecule has 4 aromatic heterocycles. The number of hydrogen-bond donors (Lipinski definition) is 4. The molecule has 0 aliphatic carbocycles. The lowest BCUT2D eigenvalue weighted by molar-refractivity contribution is -0.158. The van der Waals surface area contributed by atoms with Crippen LogP contribution >= 0.6 is 31.9 Å². The first-order valence-corrected chi connectivity index (χ1v) is 17.5. The Morgan fingerprint density at radius 2 is 1.31 bits per heavy atom. The van der Waals surface area contributed by atoms with Crippen LogP contribution in [0.3, 0.4) is 0 Å². The van der Waals surface area contributed by atoms with Gasteiger partial charge < -0.3 is 40.6 Å². The fourth-order valence-corrected chi connectivity index (χ4v) is 6.32. The van der Waals surface area contributed by atoms with Gasteiger partial charge in [-0.1, -0.05) is 37.2 Å². The molecular formula is C31H44Br2N10O9. The molecule has 6 heterocycles. The SMILES string of the molecule is C.CC(=O)OC(C)(C)C(=O)Br.CC[C@H]1O[C@@H](n2cnc3c(N)ncnc32)[C@H](O)[C@@H]1O.CC[C@H]1O[C@@H](n2cnc3c(N)ncnc32)[C@H](OC(C)=O)[C@H]1Br. The normalized spacial score (nSPS) is 25.3. The van der Waals surface area contributed by atoms with Crippen molar-refractivity contribution in [3.63, 3.8) is 0 Å². The number of alkyl halides is 1. The van der Waals surface area contributed by atoms with E-state index in [1.807, 2.05) is 13.8 Å². The van der Waals surface area contributed by atoms with Crippen LogP contribution in [0.5, 0.6) is 0 Å². The minimum Gasteiger partial charge on any atom is -0.456 e. The number of carbonyl (C=O) groups excluding carboxylic acids is 3. The van der Waals surface area contributed by atoms with Gasteiger partial charge in [-0.15, -0.1) is 0 Å². The zero-order valence-electron chi connectivity index (χ0n) is 28.6. The number of esters is 2. The zero-order chi connectivity index (χ0) is 37.8. The number of nitrogens with zero attached hydrogens (tertiary/aromatic N) is 8. The summed E-state index contributed by atoms with van der Waals surface area (Å²) in [5.41, 5.74) is 12.4. The number of nitrogen functional groups attached to an aromatic ring is 2. The summed E-state index contributed by atoms with van der Waals surface area (Å²) in [6, 6.07) is 0. The van der Waals surface area contributed by atoms with Crippen LogP contribution in [-0.2, 0) is 33.3 Å². The fourth-order valence-electron chi connectivity index (χ4n) is 5.37. The fraction of sp³-hybridized carbons (Fsp3) is 0.581. The van der Waals surface area contributed by atoms with Crippen molar-refractivity contribution in [2.75, 3.05) is 11.5 Å². The maximum absolute atomic E-state index is 11.4. The van der Waals surface area contributed by atoms with Crippen molar-refractivity contribution in [3.05, 3.63) is 25.3 Å². The van der Waals surface area contributed by atoms with Gasteiger partial charge in [-0.25, -0.2) is 29.9 Å². The summed E-state index contributed by atoms with van der Waals surface area (Å²) in [5.74, 6) is -0.256. The Labute approximate surface area is 316 Å². The first-order chi connectivity index (χ1) is 24.0. The second-order valence-corrected chi connectivity index (χ2v) is 13.8. The summed E-state index contributed by atoms with van der Waals surface area (Å²) in [7, 11) is 0. The van der Waals surface area contributed by atoms with Gasteiger partial charge in [0.1, 0.15) is 35.9 Å². The van der Waals surface area contributed by atoms with E-state index in [4.69, 9.17) is 25.7 Å². The molecule has 6 rings (SSSR count). The molecule has 2 fully saturated rings. The molecule has 0 saturated carbocycles. The lowest BCUT2D eigenvalue weighted by atomic mass is 10.1. The highest BCUT2D eigenvalue weighted by Crippen LogP contribution is 2.39. The van der Waals surface area contributed by atoms with Crippen LogP contribution in [0, 0.1) is 0 Å². The monoisotopic (exact) mass is 858 g/mol. The second kappa shape index (κ2) is 17.8. The molecule has 4 aromatic rings. The number of rotatable bonds is 7. The van der Waals surface area contributed by atoms with Gasteiger partial charge in [0.2, 0.25) is 4.69 Å². The van der Waals surface area contributed by atoms with Crippen molar-refractivity contribution < 1.29 is 43.5 Å². The van der Waals surface area contributed by atoms with Crippen molar-refractivity contribution in [1.82, 2.24) is 39.0 Å². The number of anilines is 2. The van der Waals surface area contributed by atoms with Crippen LogP contribution in [0.1, 0.15) is 74.3 Å². The molecule has 2 saturated heterocycles. The largest absolute Gasteiger partial charge is 0.456 e. The molecule has 21 heteroatoms. The Balaban J connectivity index is 0.000000223. The van der Waals surface area contributed by atoms with Crippen LogP contribution in [0.25, 0.3) is 22.3 Å². The van der Waals surface area contributed by atoms with E-state index in [2.05, 4.69) is 66.5 Å². The summed E-state index contributed by atoms with van der Waals surface area (Å²) in [5, 5.41) is 19.9. The lowest BCUT2D eigenvalue weighted by Crippen LogP contribution is -2.32. The number of imidazole rings is 2. The maximum atomic E-state index is 11.4. The van der Waals surface area contributed by atoms with Crippen molar-refractivity contribution in [2.45, 2.75) is 115 Å². The van der Waals surface area contributed by atoms with Gasteiger partial charge in [0.15, 0.2) is 47.1 Å². The van der Waals surface area contributed by atoms with E-state index in [-0.39, 0.29) is 34.8 Å². The molecule has 0 aromatic carbocycles. The average molecular weight is 861 g/mol. The minimum atomic E-state index is -1.05. The van der Waals surface area contributed by atoms with Gasteiger partial charge in [0.25, 0.3) is 0 Å². The van der Waals surface area contributed by atoms with Crippen LogP contribution < -0.4 is 11.5 Å². The molecule has 0 spiro atoms. The molecule has 2 aliphatic heterocycles. The van der Waals surface area contributed by atoms with E-state index in [0.29, 0.717) is 34.6 Å². The van der Waals surface area contributed by atoms with Gasteiger partial charge in [0.05, 0.1) is 29.7 Å². The molecule has 52 heavy (non-hydrogen) atoms. The third-order valence-corrected chi connectivity index (χ3v) is 9.97. The van der Waals surface area contributed by atoms with E-state index < -0.39 is 48.4 Å². The number of aromatic nitrogens is 8. The van der Waals surface area contributed by atoms with Gasteiger partial charge in [0, 0.05) is 13.8 Å². The predicted molar refractivity (Wildman–Crippen MR) is 195 cm³/mol. The van der Waals surface area contributed by atoms with E-state index in [9.17, 15) is 24.6 Å². The summed E-state index contributed by atoms with van der Waals surface area (Å²) in [6.07, 6.45) is 3.00. The Morgan fingerprint density at radius 3 is 1.71 bits per heavy atom. The first-order valence-electron chi connectivity index (χ1n) is 15.8. The standard InChI is InChI=1S/C13H16BrN5O3.C11H15N5O3.C6H9BrO3.CH4/c1-3-7-8(14)10(21-6(2)20)13(22-7)19-5-18-9-11(15)16-4-17-12(9)19;1-2-5-7(17)8(18)11(19-5)16-4-15-6-9(12)13-3-14-10(6)16;1-4(8)10-6(2,3)5(7)9;/h4-5,7-8,10,13H,3H2,1-2H3,(H2,15,16,17);3-5,7-8,11,17-18H,2H2,1H3,(H2,12,13,14);1-3H3;1H4/t7-,8+,10-,13-;5-,7-,8-,11-;;/m11../s1. The Hall–Kier alpha value is -3.89. The Morgan fingerprint density at radius 1 is 0.827 bits per heavy atom. The summed E-state index contributed by atoms with van der Waals surface area (Å²) in [4.78, 5) is 56.7. The molecule has 0 unspecified atom stereocenters. The average Bonchev–Trinajstić information content (AvgIpc) is 3.83. The molecule has 0 amide bonds. The molecule has 6 N–H and O–H groups in total. The lowest BCUT2D eigenvalue weighted by Gasteiger charge is -2.21. The number of nitrogens with two attached hydrogens (primary N) is 2. The third-order valence-electron chi connectivity index (χ3n) is 7.90. The third kappa shape index (κ3) is 9.18. The Bertz CT molecular complexity index is 1860. The smallest absolute Gasteiger partial charge is 0.303 e. The van der Waals surface area contributed by atoms with Crippen molar-refractivity contribution in [2.24, 2.45) is 0 Å². The van der Waals surface area contributed by atoms with Crippen LogP contribution in [0.15, 0.2) is 25.3 Å². The van der Waals surface area contributed by atoms with Crippen LogP contribution in [-0.4, -0.2) is 107 Å². The van der Waals surface area contributed by atoms with Crippen LogP contribution in [0.2, 0.25) is 0 Å². The van der Waals surface area contributed by atoms with Crippen molar-refractivity contribution >= 4 is 82.5 Å². The summed E-state index contributed by atoms with van der Waals surface area (Å²) in [6.45, 7) is 9.57. The minimum absolute atomic E-state index is 0. The van der Waals surface area contributed by atoms with Crippen LogP contribution in [0.4, 0.5) is 11.6 Å². The van der Waals surface area contributed by atoms with E-state index in [0.717, 1.165) is 6.42 Å². The molecule has 2 aliphatic rings. The molecule has 0 bridgehead atoms. The van der Waals surface area contributed by atoms with Crippen molar-refractivity contribution in [1.29, 1.82) is 0 Å². The topological polar surface area (TPSA) is 268 Å². The van der Waals surface area contributed by atoms with E-state index in [1.165, 1.54) is 46.7 Å². The predicted octanol–water partition coefficient (Wildman–Crippen LogP) is 2.73. The van der Waals surface area contributed by atoms with Crippen molar-refractivity contribution in [3.8, 4) is 0 Å². The molecular weight excluding hydrogens is 816 g/mol. The van der Waals surface area contributed by atoms with E-state index >= 15 is 0 Å². The zero-order valence-corrected chi connectivity index (χ0v) is 31.8. The number of hydrogen-bond acceptors (Lipinski definition) is 17. The molecule has 0 radical (unpaired) electrons. The number of fused-ring (bicyclic) bond motifs is 2. The van der Waals surface area contributed by atoms with Gasteiger partial charge >= 0.3 is 11.9 Å². The second-order valence-electron chi connectivity index (χ2n) is 12.0. The first kappa shape index (κ1) is 42.5. The number of halogens is 2. The number of aliphatic hydroxyl groups is 2. The maximum Gasteiger partial charge on any atom is 0.303 e. The molecule has 19 nitrogen and oxygen atoms in total. The summed E-state index contributed by atoms with van der Waals surface area (Å²) < 4.78 is 24.7. The quantitative estimate of drug-likeness (QED) is 0.118. The molecule has 286 valence electrons. The highest BCUT2D eigenvalue weighted by Gasteiger charge is 2.46. The highest BCUT2D eigenvalue weighted by molar-refractivity contribution is 9.18. The highest BCUT2D eigenvalue weighted by atomic mass is 79.9. The summed E-state index contributed by atoms with van der Waals surface area (Å²) >= 11 is 6.28. The number of ether oxygens (including phenoxy) is 4. The van der Waals surface area contributed by atoms with E-state index in [1.54, 1.807) is 15.5 Å². The van der Waals surface area contributed by atoms with Gasteiger partial charge in [-0.05, 0) is 42.6 Å². The van der Waals surface area contributed by atoms with Gasteiger partial charge in [-0.2, -0.15) is 0 Å².